The summed E-state index contributed by atoms with van der Waals surface area (Å²) in [4.78, 5) is 35.7. The van der Waals surface area contributed by atoms with Crippen molar-refractivity contribution in [3.8, 4) is 0 Å². The van der Waals surface area contributed by atoms with E-state index in [-0.39, 0.29) is 11.9 Å². The van der Waals surface area contributed by atoms with Crippen molar-refractivity contribution < 1.29 is 14.4 Å². The van der Waals surface area contributed by atoms with Gasteiger partial charge in [0.2, 0.25) is 0 Å². The molecule has 0 bridgehead atoms. The van der Waals surface area contributed by atoms with Gasteiger partial charge in [-0.05, 0) is 50.0 Å². The van der Waals surface area contributed by atoms with Crippen LogP contribution in [0.3, 0.4) is 0 Å². The summed E-state index contributed by atoms with van der Waals surface area (Å²) in [6.45, 7) is 5.56. The second-order valence-electron chi connectivity index (χ2n) is 6.66. The highest BCUT2D eigenvalue weighted by molar-refractivity contribution is 6.07. The Balaban J connectivity index is 1.71. The fourth-order valence-corrected chi connectivity index (χ4v) is 3.18. The van der Waals surface area contributed by atoms with Crippen molar-refractivity contribution in [2.75, 3.05) is 13.1 Å². The monoisotopic (exact) mass is 330 g/mol. The van der Waals surface area contributed by atoms with Crippen LogP contribution in [0, 0.1) is 5.92 Å². The maximum absolute atomic E-state index is 12.4. The second kappa shape index (κ2) is 6.24. The van der Waals surface area contributed by atoms with E-state index in [2.05, 4.69) is 28.2 Å². The number of nitrogens with one attached hydrogen (secondary N) is 4. The first-order valence-corrected chi connectivity index (χ1v) is 8.16. The molecule has 4 amide bonds. The number of hydrogen-bond donors (Lipinski definition) is 4. The van der Waals surface area contributed by atoms with Gasteiger partial charge in [-0.1, -0.05) is 19.1 Å². The zero-order valence-electron chi connectivity index (χ0n) is 13.8. The number of piperidine rings is 1. The molecule has 128 valence electrons. The molecule has 4 N–H and O–H groups in total. The molecule has 2 aliphatic heterocycles. The van der Waals surface area contributed by atoms with Crippen LogP contribution in [-0.2, 0) is 10.3 Å². The molecular weight excluding hydrogens is 308 g/mol. The quantitative estimate of drug-likeness (QED) is 0.605. The minimum Gasteiger partial charge on any atom is -0.349 e. The molecule has 0 saturated carbocycles. The maximum atomic E-state index is 12.4. The standard InChI is InChI=1S/C17H22N4O3/c1-10-9-18-8-7-13(10)19-14(22)11-3-5-12(6-4-11)17(2)15(23)20-16(24)21-17/h3-6,10,13,18H,7-9H2,1-2H3,(H,19,22)(H2,20,21,23,24). The summed E-state index contributed by atoms with van der Waals surface area (Å²) in [5.41, 5.74) is 0.0748. The number of carbonyl (C=O) groups is 3. The summed E-state index contributed by atoms with van der Waals surface area (Å²) in [6.07, 6.45) is 0.912. The van der Waals surface area contributed by atoms with E-state index < -0.39 is 17.5 Å². The van der Waals surface area contributed by atoms with E-state index in [1.807, 2.05) is 0 Å². The smallest absolute Gasteiger partial charge is 0.322 e. The van der Waals surface area contributed by atoms with Crippen molar-refractivity contribution >= 4 is 17.8 Å². The second-order valence-corrected chi connectivity index (χ2v) is 6.66. The Bertz CT molecular complexity index is 673. The molecule has 24 heavy (non-hydrogen) atoms. The van der Waals surface area contributed by atoms with Crippen LogP contribution in [0.15, 0.2) is 24.3 Å². The van der Waals surface area contributed by atoms with E-state index in [0.717, 1.165) is 19.5 Å². The van der Waals surface area contributed by atoms with Crippen molar-refractivity contribution in [3.63, 3.8) is 0 Å². The van der Waals surface area contributed by atoms with E-state index in [4.69, 9.17) is 0 Å². The first-order valence-electron chi connectivity index (χ1n) is 8.16. The Morgan fingerprint density at radius 1 is 1.25 bits per heavy atom. The first kappa shape index (κ1) is 16.4. The average molecular weight is 330 g/mol. The van der Waals surface area contributed by atoms with Gasteiger partial charge in [0.15, 0.2) is 0 Å². The Labute approximate surface area is 140 Å². The molecule has 2 aliphatic rings. The summed E-state index contributed by atoms with van der Waals surface area (Å²) in [7, 11) is 0. The van der Waals surface area contributed by atoms with E-state index in [1.165, 1.54) is 0 Å². The van der Waals surface area contributed by atoms with Crippen LogP contribution in [0.5, 0.6) is 0 Å². The highest BCUT2D eigenvalue weighted by Crippen LogP contribution is 2.24. The van der Waals surface area contributed by atoms with Gasteiger partial charge in [-0.25, -0.2) is 4.79 Å². The lowest BCUT2D eigenvalue weighted by Crippen LogP contribution is -2.48. The van der Waals surface area contributed by atoms with E-state index in [1.54, 1.807) is 31.2 Å². The van der Waals surface area contributed by atoms with Crippen molar-refractivity contribution in [1.29, 1.82) is 0 Å². The normalized spacial score (nSPS) is 29.8. The predicted octanol–water partition coefficient (Wildman–Crippen LogP) is 0.469. The molecule has 0 spiro atoms. The van der Waals surface area contributed by atoms with Crippen LogP contribution >= 0.6 is 0 Å². The summed E-state index contributed by atoms with van der Waals surface area (Å²) in [6, 6.07) is 6.41. The highest BCUT2D eigenvalue weighted by Gasteiger charge is 2.43. The number of urea groups is 1. The van der Waals surface area contributed by atoms with Gasteiger partial charge >= 0.3 is 6.03 Å². The molecule has 0 radical (unpaired) electrons. The van der Waals surface area contributed by atoms with Crippen molar-refractivity contribution in [3.05, 3.63) is 35.4 Å². The maximum Gasteiger partial charge on any atom is 0.322 e. The van der Waals surface area contributed by atoms with Crippen LogP contribution in [0.2, 0.25) is 0 Å². The summed E-state index contributed by atoms with van der Waals surface area (Å²) in [5.74, 6) is -0.128. The van der Waals surface area contributed by atoms with Gasteiger partial charge in [0.1, 0.15) is 5.54 Å². The third-order valence-electron chi connectivity index (χ3n) is 4.87. The molecule has 3 atom stereocenters. The fraction of sp³-hybridized carbons (Fsp3) is 0.471. The van der Waals surface area contributed by atoms with E-state index in [0.29, 0.717) is 17.0 Å². The lowest BCUT2D eigenvalue weighted by atomic mass is 9.91. The minimum absolute atomic E-state index is 0.120. The molecule has 7 nitrogen and oxygen atoms in total. The van der Waals surface area contributed by atoms with Crippen molar-refractivity contribution in [1.82, 2.24) is 21.3 Å². The van der Waals surface area contributed by atoms with Gasteiger partial charge in [0, 0.05) is 11.6 Å². The van der Waals surface area contributed by atoms with Crippen LogP contribution in [-0.4, -0.2) is 37.0 Å². The predicted molar refractivity (Wildman–Crippen MR) is 88.4 cm³/mol. The molecule has 2 fully saturated rings. The van der Waals surface area contributed by atoms with E-state index in [9.17, 15) is 14.4 Å². The summed E-state index contributed by atoms with van der Waals surface area (Å²) >= 11 is 0. The molecule has 0 aromatic heterocycles. The summed E-state index contributed by atoms with van der Waals surface area (Å²) in [5, 5.41) is 11.2. The van der Waals surface area contributed by atoms with Crippen LogP contribution < -0.4 is 21.3 Å². The number of imide groups is 1. The zero-order chi connectivity index (χ0) is 17.3. The lowest BCUT2D eigenvalue weighted by molar-refractivity contribution is -0.123. The molecule has 3 unspecified atom stereocenters. The first-order chi connectivity index (χ1) is 11.4. The number of rotatable bonds is 3. The largest absolute Gasteiger partial charge is 0.349 e. The Morgan fingerprint density at radius 2 is 1.96 bits per heavy atom. The Kier molecular flexibility index (Phi) is 4.28. The lowest BCUT2D eigenvalue weighted by Gasteiger charge is -2.30. The molecule has 0 aliphatic carbocycles. The van der Waals surface area contributed by atoms with Gasteiger partial charge in [0.05, 0.1) is 0 Å². The number of amides is 4. The molecule has 2 saturated heterocycles. The minimum atomic E-state index is -1.10. The highest BCUT2D eigenvalue weighted by atomic mass is 16.2. The fourth-order valence-electron chi connectivity index (χ4n) is 3.18. The van der Waals surface area contributed by atoms with Gasteiger partial charge < -0.3 is 16.0 Å². The average Bonchev–Trinajstić information content (AvgIpc) is 2.83. The van der Waals surface area contributed by atoms with Gasteiger partial charge in [-0.2, -0.15) is 0 Å². The SMILES string of the molecule is CC1CNCCC1NC(=O)c1ccc(C2(C)NC(=O)NC2=O)cc1. The third-order valence-corrected chi connectivity index (χ3v) is 4.87. The molecule has 7 heteroatoms. The molecule has 1 aromatic carbocycles. The Hall–Kier alpha value is -2.41. The van der Waals surface area contributed by atoms with Crippen LogP contribution in [0.1, 0.15) is 36.2 Å². The van der Waals surface area contributed by atoms with Crippen LogP contribution in [0.4, 0.5) is 4.79 Å². The van der Waals surface area contributed by atoms with Crippen LogP contribution in [0.25, 0.3) is 0 Å². The van der Waals surface area contributed by atoms with Gasteiger partial charge in [-0.15, -0.1) is 0 Å². The molecule has 2 heterocycles. The summed E-state index contributed by atoms with van der Waals surface area (Å²) < 4.78 is 0. The number of benzene rings is 1. The molecule has 1 aromatic rings. The zero-order valence-corrected chi connectivity index (χ0v) is 13.8. The topological polar surface area (TPSA) is 99.3 Å². The molecule has 3 rings (SSSR count). The van der Waals surface area contributed by atoms with Crippen molar-refractivity contribution in [2.45, 2.75) is 31.8 Å². The van der Waals surface area contributed by atoms with Gasteiger partial charge in [-0.3, -0.25) is 14.9 Å². The number of hydrogen-bond acceptors (Lipinski definition) is 4. The molecular formula is C17H22N4O3. The Morgan fingerprint density at radius 3 is 2.54 bits per heavy atom. The third kappa shape index (κ3) is 2.99. The van der Waals surface area contributed by atoms with E-state index >= 15 is 0 Å². The number of carbonyl (C=O) groups excluding carboxylic acids is 3. The van der Waals surface area contributed by atoms with Gasteiger partial charge in [0.25, 0.3) is 11.8 Å². The van der Waals surface area contributed by atoms with Crippen molar-refractivity contribution in [2.24, 2.45) is 5.92 Å².